The molecule has 3 nitrogen and oxygen atoms in total. The van der Waals surface area contributed by atoms with Crippen molar-refractivity contribution in [3.8, 4) is 0 Å². The third-order valence-corrected chi connectivity index (χ3v) is 2.70. The lowest BCUT2D eigenvalue weighted by Crippen LogP contribution is -2.50. The topological polar surface area (TPSA) is 55.5 Å². The molecule has 1 rings (SSSR count). The second kappa shape index (κ2) is 4.94. The average Bonchev–Trinajstić information content (AvgIpc) is 2.95. The lowest BCUT2D eigenvalue weighted by atomic mass is 9.97. The number of unbranched alkanes of at least 4 members (excludes halogenated alkanes) is 1. The molecular formula is C10H21NO2. The Bertz CT molecular complexity index is 148. The molecule has 1 unspecified atom stereocenters. The highest BCUT2D eigenvalue weighted by Gasteiger charge is 2.41. The summed E-state index contributed by atoms with van der Waals surface area (Å²) in [4.78, 5) is 0. The predicted octanol–water partition coefficient (Wildman–Crippen LogP) is 0.903. The Balaban J connectivity index is 2.15. The van der Waals surface area contributed by atoms with Crippen molar-refractivity contribution in [2.45, 2.75) is 38.1 Å². The summed E-state index contributed by atoms with van der Waals surface area (Å²) in [6.07, 6.45) is 4.51. The summed E-state index contributed by atoms with van der Waals surface area (Å²) in [7, 11) is 0. The Hall–Kier alpha value is -0.120. The molecule has 1 fully saturated rings. The van der Waals surface area contributed by atoms with E-state index in [1.165, 1.54) is 0 Å². The van der Waals surface area contributed by atoms with Gasteiger partial charge in [0, 0.05) is 6.61 Å². The lowest BCUT2D eigenvalue weighted by Gasteiger charge is -2.26. The third-order valence-electron chi connectivity index (χ3n) is 2.70. The van der Waals surface area contributed by atoms with Crippen LogP contribution in [0.1, 0.15) is 32.6 Å². The van der Waals surface area contributed by atoms with E-state index < -0.39 is 5.54 Å². The fourth-order valence-electron chi connectivity index (χ4n) is 1.46. The first-order valence-electron chi connectivity index (χ1n) is 5.20. The molecule has 0 bridgehead atoms. The number of hydrogen-bond acceptors (Lipinski definition) is 3. The molecule has 3 heteroatoms. The Kier molecular flexibility index (Phi) is 4.16. The molecule has 3 N–H and O–H groups in total. The van der Waals surface area contributed by atoms with Crippen LogP contribution >= 0.6 is 0 Å². The quantitative estimate of drug-likeness (QED) is 0.582. The minimum Gasteiger partial charge on any atom is -0.394 e. The van der Waals surface area contributed by atoms with Gasteiger partial charge in [0.1, 0.15) is 0 Å². The second-order valence-corrected chi connectivity index (χ2v) is 4.07. The van der Waals surface area contributed by atoms with E-state index in [2.05, 4.69) is 6.92 Å². The number of aliphatic hydroxyl groups is 1. The van der Waals surface area contributed by atoms with Gasteiger partial charge in [0.15, 0.2) is 0 Å². The molecule has 0 radical (unpaired) electrons. The summed E-state index contributed by atoms with van der Waals surface area (Å²) < 4.78 is 5.45. The molecule has 0 aliphatic heterocycles. The predicted molar refractivity (Wildman–Crippen MR) is 52.5 cm³/mol. The summed E-state index contributed by atoms with van der Waals surface area (Å²) in [5, 5.41) is 9.15. The van der Waals surface area contributed by atoms with Gasteiger partial charge < -0.3 is 15.6 Å². The van der Waals surface area contributed by atoms with Crippen LogP contribution in [0.15, 0.2) is 0 Å². The first-order chi connectivity index (χ1) is 6.23. The van der Waals surface area contributed by atoms with Crippen LogP contribution in [0.25, 0.3) is 0 Å². The van der Waals surface area contributed by atoms with E-state index in [1.807, 2.05) is 0 Å². The Morgan fingerprint density at radius 3 is 2.69 bits per heavy atom. The smallest absolute Gasteiger partial charge is 0.0671 e. The molecule has 0 spiro atoms. The highest BCUT2D eigenvalue weighted by molar-refractivity contribution is 4.98. The summed E-state index contributed by atoms with van der Waals surface area (Å²) in [6, 6.07) is 0. The molecule has 0 saturated heterocycles. The van der Waals surface area contributed by atoms with Crippen molar-refractivity contribution in [2.24, 2.45) is 11.7 Å². The van der Waals surface area contributed by atoms with E-state index in [0.29, 0.717) is 12.5 Å². The van der Waals surface area contributed by atoms with Gasteiger partial charge in [-0.05, 0) is 25.2 Å². The van der Waals surface area contributed by atoms with E-state index >= 15 is 0 Å². The lowest BCUT2D eigenvalue weighted by molar-refractivity contribution is 0.0433. The van der Waals surface area contributed by atoms with Gasteiger partial charge in [0.05, 0.1) is 18.8 Å². The van der Waals surface area contributed by atoms with Gasteiger partial charge in [0.2, 0.25) is 0 Å². The maximum atomic E-state index is 9.15. The van der Waals surface area contributed by atoms with Gasteiger partial charge in [-0.2, -0.15) is 0 Å². The van der Waals surface area contributed by atoms with Crippen LogP contribution < -0.4 is 5.73 Å². The fourth-order valence-corrected chi connectivity index (χ4v) is 1.46. The van der Waals surface area contributed by atoms with Crippen LogP contribution in [0.3, 0.4) is 0 Å². The molecule has 0 amide bonds. The molecular weight excluding hydrogens is 166 g/mol. The molecule has 1 saturated carbocycles. The second-order valence-electron chi connectivity index (χ2n) is 4.07. The largest absolute Gasteiger partial charge is 0.394 e. The van der Waals surface area contributed by atoms with Crippen LogP contribution in [-0.4, -0.2) is 30.5 Å². The average molecular weight is 187 g/mol. The van der Waals surface area contributed by atoms with Gasteiger partial charge >= 0.3 is 0 Å². The monoisotopic (exact) mass is 187 g/mol. The SMILES string of the molecule is CCCCOCC(N)(CO)C1CC1. The number of aliphatic hydroxyl groups excluding tert-OH is 1. The molecule has 13 heavy (non-hydrogen) atoms. The van der Waals surface area contributed by atoms with E-state index in [0.717, 1.165) is 32.3 Å². The highest BCUT2D eigenvalue weighted by atomic mass is 16.5. The molecule has 1 atom stereocenters. The molecule has 1 aliphatic rings. The fraction of sp³-hybridized carbons (Fsp3) is 1.00. The van der Waals surface area contributed by atoms with Crippen LogP contribution in [0.4, 0.5) is 0 Å². The number of rotatable bonds is 7. The highest BCUT2D eigenvalue weighted by Crippen LogP contribution is 2.38. The Morgan fingerprint density at radius 2 is 2.23 bits per heavy atom. The summed E-state index contributed by atoms with van der Waals surface area (Å²) in [5.74, 6) is 0.485. The van der Waals surface area contributed by atoms with Gasteiger partial charge in [-0.15, -0.1) is 0 Å². The summed E-state index contributed by atoms with van der Waals surface area (Å²) >= 11 is 0. The minimum atomic E-state index is -0.465. The van der Waals surface area contributed by atoms with Gasteiger partial charge in [-0.1, -0.05) is 13.3 Å². The molecule has 0 heterocycles. The Morgan fingerprint density at radius 1 is 1.54 bits per heavy atom. The van der Waals surface area contributed by atoms with E-state index in [9.17, 15) is 0 Å². The normalized spacial score (nSPS) is 21.5. The first-order valence-corrected chi connectivity index (χ1v) is 5.20. The number of hydrogen-bond donors (Lipinski definition) is 2. The summed E-state index contributed by atoms with van der Waals surface area (Å²) in [6.45, 7) is 3.45. The van der Waals surface area contributed by atoms with Crippen LogP contribution in [0.2, 0.25) is 0 Å². The zero-order valence-electron chi connectivity index (χ0n) is 8.46. The van der Waals surface area contributed by atoms with Gasteiger partial charge in [-0.25, -0.2) is 0 Å². The van der Waals surface area contributed by atoms with Crippen molar-refractivity contribution in [1.29, 1.82) is 0 Å². The molecule has 0 aromatic heterocycles. The van der Waals surface area contributed by atoms with Crippen molar-refractivity contribution < 1.29 is 9.84 Å². The zero-order chi connectivity index (χ0) is 9.73. The van der Waals surface area contributed by atoms with Crippen LogP contribution in [0.5, 0.6) is 0 Å². The van der Waals surface area contributed by atoms with Crippen LogP contribution in [-0.2, 0) is 4.74 Å². The standard InChI is InChI=1S/C10H21NO2/c1-2-3-6-13-8-10(11,7-12)9-4-5-9/h9,12H,2-8,11H2,1H3. The van der Waals surface area contributed by atoms with E-state index in [1.54, 1.807) is 0 Å². The molecule has 0 aromatic rings. The van der Waals surface area contributed by atoms with Crippen LogP contribution in [0, 0.1) is 5.92 Å². The van der Waals surface area contributed by atoms with Crippen molar-refractivity contribution in [3.05, 3.63) is 0 Å². The zero-order valence-corrected chi connectivity index (χ0v) is 8.46. The van der Waals surface area contributed by atoms with Crippen molar-refractivity contribution in [3.63, 3.8) is 0 Å². The molecule has 78 valence electrons. The van der Waals surface area contributed by atoms with Crippen molar-refractivity contribution in [1.82, 2.24) is 0 Å². The van der Waals surface area contributed by atoms with E-state index in [4.69, 9.17) is 15.6 Å². The Labute approximate surface area is 80.3 Å². The summed E-state index contributed by atoms with van der Waals surface area (Å²) in [5.41, 5.74) is 5.55. The van der Waals surface area contributed by atoms with Gasteiger partial charge in [0.25, 0.3) is 0 Å². The van der Waals surface area contributed by atoms with Crippen molar-refractivity contribution >= 4 is 0 Å². The van der Waals surface area contributed by atoms with E-state index in [-0.39, 0.29) is 6.61 Å². The van der Waals surface area contributed by atoms with Crippen molar-refractivity contribution in [2.75, 3.05) is 19.8 Å². The maximum Gasteiger partial charge on any atom is 0.0671 e. The first kappa shape index (κ1) is 11.0. The van der Waals surface area contributed by atoms with Gasteiger partial charge in [-0.3, -0.25) is 0 Å². The minimum absolute atomic E-state index is 0.0454. The number of ether oxygens (including phenoxy) is 1. The molecule has 0 aromatic carbocycles. The maximum absolute atomic E-state index is 9.15. The third kappa shape index (κ3) is 3.25. The number of nitrogens with two attached hydrogens (primary N) is 1. The molecule has 1 aliphatic carbocycles.